The van der Waals surface area contributed by atoms with Crippen molar-refractivity contribution in [2.24, 2.45) is 0 Å². The number of phenolic OH excluding ortho intramolecular Hbond substituents is 1. The van der Waals surface area contributed by atoms with Crippen LogP contribution in [0.25, 0.3) is 0 Å². The molecule has 0 saturated heterocycles. The molecule has 0 bridgehead atoms. The third kappa shape index (κ3) is 3.59. The van der Waals surface area contributed by atoms with Crippen molar-refractivity contribution in [3.63, 3.8) is 0 Å². The van der Waals surface area contributed by atoms with Crippen molar-refractivity contribution in [1.82, 2.24) is 0 Å². The molecule has 0 aliphatic rings. The molecule has 4 nitrogen and oxygen atoms in total. The van der Waals surface area contributed by atoms with E-state index in [0.717, 1.165) is 19.0 Å². The van der Waals surface area contributed by atoms with Crippen LogP contribution in [0.2, 0.25) is 0 Å². The molecule has 0 aliphatic carbocycles. The van der Waals surface area contributed by atoms with Crippen LogP contribution >= 0.6 is 0 Å². The smallest absolute Gasteiger partial charge is 0.160 e. The van der Waals surface area contributed by atoms with E-state index >= 15 is 0 Å². The molecule has 0 saturated carbocycles. The Morgan fingerprint density at radius 1 is 1.40 bits per heavy atom. The van der Waals surface area contributed by atoms with Gasteiger partial charge in [-0.15, -0.1) is 0 Å². The molecule has 0 aliphatic heterocycles. The van der Waals surface area contributed by atoms with Crippen molar-refractivity contribution in [2.75, 3.05) is 14.2 Å². The molecule has 1 aromatic rings. The van der Waals surface area contributed by atoms with E-state index in [1.807, 2.05) is 0 Å². The second-order valence-electron chi connectivity index (χ2n) is 2.86. The number of aliphatic hydroxyl groups excluding tert-OH is 1. The van der Waals surface area contributed by atoms with Gasteiger partial charge in [-0.05, 0) is 17.7 Å². The number of rotatable bonds is 3. The van der Waals surface area contributed by atoms with Gasteiger partial charge in [0.25, 0.3) is 0 Å². The fraction of sp³-hybridized carbons (Fsp3) is 0.364. The third-order valence-corrected chi connectivity index (χ3v) is 1.93. The summed E-state index contributed by atoms with van der Waals surface area (Å²) in [6, 6.07) is 4.94. The number of carbonyl (C=O) groups is 1. The van der Waals surface area contributed by atoms with Crippen LogP contribution in [0.1, 0.15) is 18.4 Å². The summed E-state index contributed by atoms with van der Waals surface area (Å²) in [4.78, 5) is 10.5. The van der Waals surface area contributed by atoms with E-state index in [1.54, 1.807) is 19.1 Å². The molecule has 1 atom stereocenters. The Labute approximate surface area is 89.1 Å². The van der Waals surface area contributed by atoms with Gasteiger partial charge in [0.1, 0.15) is 6.29 Å². The summed E-state index contributed by atoms with van der Waals surface area (Å²) >= 11 is 0. The number of benzene rings is 1. The molecule has 0 spiro atoms. The minimum atomic E-state index is -0.197. The van der Waals surface area contributed by atoms with Crippen molar-refractivity contribution in [1.29, 1.82) is 0 Å². The largest absolute Gasteiger partial charge is 0.504 e. The predicted octanol–water partition coefficient (Wildman–Crippen LogP) is 1.31. The monoisotopic (exact) mass is 212 g/mol. The molecule has 15 heavy (non-hydrogen) atoms. The number of phenols is 1. The molecule has 1 aromatic carbocycles. The van der Waals surface area contributed by atoms with Crippen molar-refractivity contribution in [2.45, 2.75) is 12.8 Å². The van der Waals surface area contributed by atoms with Crippen LogP contribution in [-0.4, -0.2) is 30.7 Å². The van der Waals surface area contributed by atoms with E-state index in [0.29, 0.717) is 5.75 Å². The lowest BCUT2D eigenvalue weighted by Crippen LogP contribution is -1.94. The lowest BCUT2D eigenvalue weighted by atomic mass is 10.0. The zero-order chi connectivity index (χ0) is 11.8. The Balaban J connectivity index is 0.000000921. The average Bonchev–Trinajstić information content (AvgIpc) is 2.30. The van der Waals surface area contributed by atoms with Crippen molar-refractivity contribution in [3.8, 4) is 11.5 Å². The molecule has 1 unspecified atom stereocenters. The number of hydrogen-bond donors (Lipinski definition) is 2. The standard InChI is InChI=1S/C10H12O3.CH4O/c1-7(6-11)8-3-4-10(13-2)9(12)5-8;1-2/h3-7,12H,1-2H3;2H,1H3. The highest BCUT2D eigenvalue weighted by Gasteiger charge is 2.07. The summed E-state index contributed by atoms with van der Waals surface area (Å²) < 4.78 is 4.88. The number of carbonyl (C=O) groups excluding carboxylic acids is 1. The van der Waals surface area contributed by atoms with Gasteiger partial charge in [0, 0.05) is 13.0 Å². The summed E-state index contributed by atoms with van der Waals surface area (Å²) in [5.74, 6) is 0.285. The van der Waals surface area contributed by atoms with Crippen LogP contribution in [0.3, 0.4) is 0 Å². The molecule has 0 amide bonds. The summed E-state index contributed by atoms with van der Waals surface area (Å²) in [6.45, 7) is 1.77. The molecular weight excluding hydrogens is 196 g/mol. The third-order valence-electron chi connectivity index (χ3n) is 1.93. The minimum Gasteiger partial charge on any atom is -0.504 e. The van der Waals surface area contributed by atoms with Gasteiger partial charge < -0.3 is 19.7 Å². The highest BCUT2D eigenvalue weighted by Crippen LogP contribution is 2.28. The summed E-state index contributed by atoms with van der Waals surface area (Å²) in [7, 11) is 2.48. The molecule has 2 N–H and O–H groups in total. The van der Waals surface area contributed by atoms with Gasteiger partial charge in [0.05, 0.1) is 7.11 Å². The van der Waals surface area contributed by atoms with Crippen molar-refractivity contribution < 1.29 is 19.7 Å². The summed E-state index contributed by atoms with van der Waals surface area (Å²) in [5, 5.41) is 16.4. The fourth-order valence-electron chi connectivity index (χ4n) is 1.07. The maximum atomic E-state index is 10.5. The number of aliphatic hydroxyl groups is 1. The minimum absolute atomic E-state index is 0.0636. The Morgan fingerprint density at radius 3 is 2.40 bits per heavy atom. The number of aromatic hydroxyl groups is 1. The van der Waals surface area contributed by atoms with Crippen LogP contribution in [0.5, 0.6) is 11.5 Å². The lowest BCUT2D eigenvalue weighted by Gasteiger charge is -2.07. The maximum Gasteiger partial charge on any atom is 0.160 e. The van der Waals surface area contributed by atoms with Gasteiger partial charge >= 0.3 is 0 Å². The van der Waals surface area contributed by atoms with Gasteiger partial charge in [-0.1, -0.05) is 13.0 Å². The van der Waals surface area contributed by atoms with Crippen LogP contribution in [0, 0.1) is 0 Å². The van der Waals surface area contributed by atoms with E-state index in [-0.39, 0.29) is 11.7 Å². The van der Waals surface area contributed by atoms with E-state index in [4.69, 9.17) is 9.84 Å². The average molecular weight is 212 g/mol. The molecule has 0 fully saturated rings. The first-order chi connectivity index (χ1) is 7.19. The zero-order valence-corrected chi connectivity index (χ0v) is 9.10. The Morgan fingerprint density at radius 2 is 2.00 bits per heavy atom. The molecule has 1 rings (SSSR count). The normalized spacial score (nSPS) is 10.9. The van der Waals surface area contributed by atoms with Gasteiger partial charge in [-0.25, -0.2) is 0 Å². The number of methoxy groups -OCH3 is 1. The first kappa shape index (κ1) is 13.4. The second kappa shape index (κ2) is 6.84. The Hall–Kier alpha value is -1.55. The first-order valence-corrected chi connectivity index (χ1v) is 4.46. The van der Waals surface area contributed by atoms with Gasteiger partial charge in [-0.2, -0.15) is 0 Å². The highest BCUT2D eigenvalue weighted by molar-refractivity contribution is 5.62. The number of ether oxygens (including phenoxy) is 1. The van der Waals surface area contributed by atoms with Crippen LogP contribution in [-0.2, 0) is 4.79 Å². The SMILES string of the molecule is CO.COc1ccc(C(C)C=O)cc1O. The van der Waals surface area contributed by atoms with Gasteiger partial charge in [0.15, 0.2) is 11.5 Å². The van der Waals surface area contributed by atoms with Crippen LogP contribution in [0.15, 0.2) is 18.2 Å². The van der Waals surface area contributed by atoms with Gasteiger partial charge in [0.2, 0.25) is 0 Å². The molecular formula is C11H16O4. The Bertz CT molecular complexity index is 309. The van der Waals surface area contributed by atoms with E-state index in [9.17, 15) is 9.90 Å². The van der Waals surface area contributed by atoms with E-state index in [1.165, 1.54) is 13.2 Å². The Kier molecular flexibility index (Phi) is 6.13. The summed E-state index contributed by atoms with van der Waals surface area (Å²) in [5.41, 5.74) is 0.785. The van der Waals surface area contributed by atoms with Crippen LogP contribution < -0.4 is 4.74 Å². The number of hydrogen-bond acceptors (Lipinski definition) is 4. The van der Waals surface area contributed by atoms with Crippen molar-refractivity contribution in [3.05, 3.63) is 23.8 Å². The fourth-order valence-corrected chi connectivity index (χ4v) is 1.07. The molecule has 4 heteroatoms. The molecule has 84 valence electrons. The zero-order valence-electron chi connectivity index (χ0n) is 9.10. The quantitative estimate of drug-likeness (QED) is 0.741. The topological polar surface area (TPSA) is 66.8 Å². The first-order valence-electron chi connectivity index (χ1n) is 4.46. The maximum absolute atomic E-state index is 10.5. The van der Waals surface area contributed by atoms with Crippen LogP contribution in [0.4, 0.5) is 0 Å². The van der Waals surface area contributed by atoms with E-state index in [2.05, 4.69) is 0 Å². The van der Waals surface area contributed by atoms with Crippen molar-refractivity contribution >= 4 is 6.29 Å². The molecule has 0 aromatic heterocycles. The lowest BCUT2D eigenvalue weighted by molar-refractivity contribution is -0.108. The molecule has 0 radical (unpaired) electrons. The van der Waals surface area contributed by atoms with Gasteiger partial charge in [-0.3, -0.25) is 0 Å². The predicted molar refractivity (Wildman–Crippen MR) is 57.3 cm³/mol. The van der Waals surface area contributed by atoms with E-state index < -0.39 is 0 Å². The summed E-state index contributed by atoms with van der Waals surface area (Å²) in [6.07, 6.45) is 0.835. The second-order valence-corrected chi connectivity index (χ2v) is 2.86. The highest BCUT2D eigenvalue weighted by atomic mass is 16.5. The molecule has 0 heterocycles. The number of aldehydes is 1.